The molecule has 0 atom stereocenters. The minimum absolute atomic E-state index is 0.406. The van der Waals surface area contributed by atoms with Crippen molar-refractivity contribution in [3.8, 4) is 0 Å². The van der Waals surface area contributed by atoms with Crippen molar-refractivity contribution in [2.45, 2.75) is 39.5 Å². The van der Waals surface area contributed by atoms with Crippen molar-refractivity contribution in [2.75, 3.05) is 26.2 Å². The highest BCUT2D eigenvalue weighted by atomic mass is 16.5. The molecule has 0 aromatic rings. The van der Waals surface area contributed by atoms with Crippen LogP contribution >= 0.6 is 0 Å². The highest BCUT2D eigenvalue weighted by Gasteiger charge is 2.04. The smallest absolute Gasteiger partial charge is 0.404 e. The van der Waals surface area contributed by atoms with Crippen LogP contribution in [0, 0.1) is 0 Å². The molecule has 4 nitrogen and oxygen atoms in total. The lowest BCUT2D eigenvalue weighted by molar-refractivity contribution is 0.134. The van der Waals surface area contributed by atoms with Crippen LogP contribution < -0.4 is 5.73 Å². The number of rotatable bonds is 9. The van der Waals surface area contributed by atoms with E-state index in [1.807, 2.05) is 0 Å². The van der Waals surface area contributed by atoms with E-state index in [0.717, 1.165) is 19.6 Å². The number of unbranched alkanes of at least 4 members (excludes halogenated alkanes) is 2. The summed E-state index contributed by atoms with van der Waals surface area (Å²) in [4.78, 5) is 12.7. The monoisotopic (exact) mass is 216 g/mol. The van der Waals surface area contributed by atoms with Crippen molar-refractivity contribution in [2.24, 2.45) is 5.73 Å². The van der Waals surface area contributed by atoms with Gasteiger partial charge in [-0.05, 0) is 25.9 Å². The van der Waals surface area contributed by atoms with Crippen molar-refractivity contribution >= 4 is 6.09 Å². The molecule has 0 heterocycles. The predicted octanol–water partition coefficient (Wildman–Crippen LogP) is 1.98. The van der Waals surface area contributed by atoms with Crippen LogP contribution in [0.3, 0.4) is 0 Å². The first kappa shape index (κ1) is 14.2. The van der Waals surface area contributed by atoms with Crippen LogP contribution in [-0.2, 0) is 4.74 Å². The largest absolute Gasteiger partial charge is 0.448 e. The highest BCUT2D eigenvalue weighted by molar-refractivity contribution is 5.64. The zero-order valence-electron chi connectivity index (χ0n) is 10.00. The molecule has 0 aliphatic rings. The van der Waals surface area contributed by atoms with E-state index >= 15 is 0 Å². The Morgan fingerprint density at radius 2 is 1.67 bits per heavy atom. The van der Waals surface area contributed by atoms with E-state index in [4.69, 9.17) is 10.5 Å². The van der Waals surface area contributed by atoms with Crippen molar-refractivity contribution in [1.82, 2.24) is 4.90 Å². The molecule has 0 spiro atoms. The summed E-state index contributed by atoms with van der Waals surface area (Å²) < 4.78 is 4.73. The van der Waals surface area contributed by atoms with Crippen molar-refractivity contribution in [1.29, 1.82) is 0 Å². The summed E-state index contributed by atoms with van der Waals surface area (Å²) in [7, 11) is 0. The number of ether oxygens (including phenoxy) is 1. The molecule has 0 fully saturated rings. The van der Waals surface area contributed by atoms with Crippen molar-refractivity contribution < 1.29 is 9.53 Å². The number of carbonyl (C=O) groups excluding carboxylic acids is 1. The maximum Gasteiger partial charge on any atom is 0.404 e. The van der Waals surface area contributed by atoms with E-state index in [2.05, 4.69) is 18.7 Å². The normalized spacial score (nSPS) is 10.6. The lowest BCUT2D eigenvalue weighted by Gasteiger charge is -2.21. The second-order valence-electron chi connectivity index (χ2n) is 3.72. The highest BCUT2D eigenvalue weighted by Crippen LogP contribution is 1.98. The number of primary amides is 1. The Kier molecular flexibility index (Phi) is 9.27. The van der Waals surface area contributed by atoms with E-state index in [1.165, 1.54) is 25.7 Å². The molecular formula is C11H24N2O2. The van der Waals surface area contributed by atoms with E-state index in [0.29, 0.717) is 6.61 Å². The number of hydrogen-bond donors (Lipinski definition) is 1. The van der Waals surface area contributed by atoms with Crippen molar-refractivity contribution in [3.63, 3.8) is 0 Å². The summed E-state index contributed by atoms with van der Waals surface area (Å²) in [6.07, 6.45) is 4.10. The Hall–Kier alpha value is -0.770. The summed E-state index contributed by atoms with van der Waals surface area (Å²) in [5, 5.41) is 0. The third-order valence-corrected chi connectivity index (χ3v) is 2.31. The fraction of sp³-hybridized carbons (Fsp3) is 0.909. The van der Waals surface area contributed by atoms with Gasteiger partial charge in [0.1, 0.15) is 6.61 Å². The van der Waals surface area contributed by atoms with Crippen LogP contribution in [0.1, 0.15) is 39.5 Å². The summed E-state index contributed by atoms with van der Waals surface area (Å²) in [5.41, 5.74) is 4.90. The maximum absolute atomic E-state index is 10.4. The summed E-state index contributed by atoms with van der Waals surface area (Å²) in [5.74, 6) is 0. The average Bonchev–Trinajstić information content (AvgIpc) is 2.20. The standard InChI is InChI=1S/C11H24N2O2/c1-3-5-7-13(8-6-4-2)9-10-15-11(12)14/h3-10H2,1-2H3,(H2,12,14). The fourth-order valence-corrected chi connectivity index (χ4v) is 1.37. The summed E-state index contributed by atoms with van der Waals surface area (Å²) in [6, 6.07) is 0. The average molecular weight is 216 g/mol. The molecule has 15 heavy (non-hydrogen) atoms. The molecule has 0 saturated carbocycles. The second kappa shape index (κ2) is 9.77. The molecule has 0 aliphatic heterocycles. The number of nitrogens with two attached hydrogens (primary N) is 1. The fourth-order valence-electron chi connectivity index (χ4n) is 1.37. The van der Waals surface area contributed by atoms with Gasteiger partial charge in [-0.15, -0.1) is 0 Å². The van der Waals surface area contributed by atoms with E-state index in [-0.39, 0.29) is 0 Å². The lowest BCUT2D eigenvalue weighted by atomic mass is 10.2. The van der Waals surface area contributed by atoms with Gasteiger partial charge >= 0.3 is 6.09 Å². The molecule has 0 radical (unpaired) electrons. The third kappa shape index (κ3) is 9.53. The summed E-state index contributed by atoms with van der Waals surface area (Å²) >= 11 is 0. The second-order valence-corrected chi connectivity index (χ2v) is 3.72. The van der Waals surface area contributed by atoms with Crippen LogP contribution in [0.15, 0.2) is 0 Å². The van der Waals surface area contributed by atoms with E-state index in [1.54, 1.807) is 0 Å². The molecule has 4 heteroatoms. The number of hydrogen-bond acceptors (Lipinski definition) is 3. The Morgan fingerprint density at radius 3 is 2.07 bits per heavy atom. The van der Waals surface area contributed by atoms with Gasteiger partial charge in [-0.1, -0.05) is 26.7 Å². The van der Waals surface area contributed by atoms with Crippen LogP contribution in [0.4, 0.5) is 4.79 Å². The van der Waals surface area contributed by atoms with Crippen LogP contribution in [-0.4, -0.2) is 37.2 Å². The first-order chi connectivity index (χ1) is 7.20. The molecule has 0 bridgehead atoms. The molecule has 2 N–H and O–H groups in total. The maximum atomic E-state index is 10.4. The SMILES string of the molecule is CCCCN(CCCC)CCOC(N)=O. The van der Waals surface area contributed by atoms with Gasteiger partial charge in [-0.3, -0.25) is 4.90 Å². The first-order valence-electron chi connectivity index (χ1n) is 5.85. The Morgan fingerprint density at radius 1 is 1.13 bits per heavy atom. The first-order valence-corrected chi connectivity index (χ1v) is 5.85. The number of amides is 1. The van der Waals surface area contributed by atoms with Crippen LogP contribution in [0.2, 0.25) is 0 Å². The zero-order chi connectivity index (χ0) is 11.5. The van der Waals surface area contributed by atoms with Gasteiger partial charge < -0.3 is 10.5 Å². The molecule has 0 aromatic carbocycles. The molecule has 0 aromatic heterocycles. The Bertz CT molecular complexity index is 155. The molecule has 1 amide bonds. The number of nitrogens with zero attached hydrogens (tertiary/aromatic N) is 1. The van der Waals surface area contributed by atoms with Gasteiger partial charge in [0.05, 0.1) is 0 Å². The third-order valence-electron chi connectivity index (χ3n) is 2.31. The quantitative estimate of drug-likeness (QED) is 0.641. The molecule has 0 rings (SSSR count). The molecule has 0 aliphatic carbocycles. The van der Waals surface area contributed by atoms with Crippen molar-refractivity contribution in [3.05, 3.63) is 0 Å². The van der Waals surface area contributed by atoms with Crippen LogP contribution in [0.25, 0.3) is 0 Å². The Balaban J connectivity index is 3.63. The van der Waals surface area contributed by atoms with Crippen LogP contribution in [0.5, 0.6) is 0 Å². The molecule has 90 valence electrons. The number of carbonyl (C=O) groups is 1. The van der Waals surface area contributed by atoms with Gasteiger partial charge in [-0.2, -0.15) is 0 Å². The van der Waals surface area contributed by atoms with Gasteiger partial charge in [-0.25, -0.2) is 4.79 Å². The van der Waals surface area contributed by atoms with E-state index < -0.39 is 6.09 Å². The molecule has 0 saturated heterocycles. The lowest BCUT2D eigenvalue weighted by Crippen LogP contribution is -2.31. The van der Waals surface area contributed by atoms with Gasteiger partial charge in [0.2, 0.25) is 0 Å². The topological polar surface area (TPSA) is 55.6 Å². The Labute approximate surface area is 92.8 Å². The predicted molar refractivity (Wildman–Crippen MR) is 61.8 cm³/mol. The van der Waals surface area contributed by atoms with Gasteiger partial charge in [0.15, 0.2) is 0 Å². The minimum Gasteiger partial charge on any atom is -0.448 e. The molecular weight excluding hydrogens is 192 g/mol. The summed E-state index contributed by atoms with van der Waals surface area (Å²) in [6.45, 7) is 7.72. The van der Waals surface area contributed by atoms with Gasteiger partial charge in [0, 0.05) is 6.54 Å². The van der Waals surface area contributed by atoms with E-state index in [9.17, 15) is 4.79 Å². The van der Waals surface area contributed by atoms with Gasteiger partial charge in [0.25, 0.3) is 0 Å². The zero-order valence-corrected chi connectivity index (χ0v) is 10.00. The molecule has 0 unspecified atom stereocenters. The minimum atomic E-state index is -0.680.